The molecule has 2 aliphatic heterocycles. The van der Waals surface area contributed by atoms with Gasteiger partial charge in [0.1, 0.15) is 0 Å². The van der Waals surface area contributed by atoms with E-state index in [0.29, 0.717) is 12.6 Å². The minimum atomic E-state index is 0.0171. The van der Waals surface area contributed by atoms with Gasteiger partial charge in [0.05, 0.1) is 12.6 Å². The van der Waals surface area contributed by atoms with E-state index in [-0.39, 0.29) is 17.9 Å². The fourth-order valence-electron chi connectivity index (χ4n) is 3.11. The number of carbonyl (C=O) groups is 2. The van der Waals surface area contributed by atoms with Crippen LogP contribution in [0.4, 0.5) is 0 Å². The lowest BCUT2D eigenvalue weighted by Gasteiger charge is -2.37. The van der Waals surface area contributed by atoms with Crippen molar-refractivity contribution in [3.8, 4) is 0 Å². The summed E-state index contributed by atoms with van der Waals surface area (Å²) in [4.78, 5) is 28.3. The van der Waals surface area contributed by atoms with Gasteiger partial charge >= 0.3 is 0 Å². The summed E-state index contributed by atoms with van der Waals surface area (Å²) in [5.74, 6) is 0.378. The smallest absolute Gasteiger partial charge is 0.239 e. The highest BCUT2D eigenvalue weighted by atomic mass is 16.2. The molecule has 3 rings (SSSR count). The first-order valence-corrected chi connectivity index (χ1v) is 8.26. The second-order valence-electron chi connectivity index (χ2n) is 6.45. The summed E-state index contributed by atoms with van der Waals surface area (Å²) in [5, 5.41) is 6.33. The van der Waals surface area contributed by atoms with E-state index < -0.39 is 0 Å². The van der Waals surface area contributed by atoms with Crippen molar-refractivity contribution in [2.24, 2.45) is 0 Å². The zero-order valence-corrected chi connectivity index (χ0v) is 12.6. The molecule has 21 heavy (non-hydrogen) atoms. The predicted octanol–water partition coefficient (Wildman–Crippen LogP) is -0.449. The molecule has 2 N–H and O–H groups in total. The molecular formula is C15H26N4O2. The Labute approximate surface area is 126 Å². The fourth-order valence-corrected chi connectivity index (χ4v) is 3.11. The van der Waals surface area contributed by atoms with Crippen LogP contribution in [0.1, 0.15) is 32.1 Å². The zero-order valence-electron chi connectivity index (χ0n) is 12.6. The first kappa shape index (κ1) is 14.8. The molecule has 6 nitrogen and oxygen atoms in total. The number of piperidine rings is 1. The van der Waals surface area contributed by atoms with E-state index in [1.54, 1.807) is 0 Å². The molecule has 0 aromatic carbocycles. The summed E-state index contributed by atoms with van der Waals surface area (Å²) < 4.78 is 0. The highest BCUT2D eigenvalue weighted by Gasteiger charge is 2.29. The second-order valence-corrected chi connectivity index (χ2v) is 6.45. The minimum Gasteiger partial charge on any atom is -0.352 e. The normalized spacial score (nSPS) is 27.4. The molecular weight excluding hydrogens is 268 g/mol. The third kappa shape index (κ3) is 4.17. The lowest BCUT2D eigenvalue weighted by atomic mass is 10.0. The van der Waals surface area contributed by atoms with Gasteiger partial charge in [-0.1, -0.05) is 6.42 Å². The second kappa shape index (κ2) is 6.75. The van der Waals surface area contributed by atoms with Gasteiger partial charge in [-0.15, -0.1) is 0 Å². The average Bonchev–Trinajstić information content (AvgIpc) is 3.32. The number of carbonyl (C=O) groups excluding carboxylic acids is 2. The number of nitrogens with zero attached hydrogens (tertiary/aromatic N) is 2. The van der Waals surface area contributed by atoms with E-state index in [0.717, 1.165) is 58.4 Å². The molecule has 3 fully saturated rings. The van der Waals surface area contributed by atoms with Crippen molar-refractivity contribution >= 4 is 11.8 Å². The fraction of sp³-hybridized carbons (Fsp3) is 0.867. The Balaban J connectivity index is 1.39. The van der Waals surface area contributed by atoms with Crippen molar-refractivity contribution in [3.05, 3.63) is 0 Å². The first-order valence-electron chi connectivity index (χ1n) is 8.26. The number of piperazine rings is 1. The van der Waals surface area contributed by atoms with Crippen LogP contribution in [0, 0.1) is 0 Å². The summed E-state index contributed by atoms with van der Waals surface area (Å²) >= 11 is 0. The van der Waals surface area contributed by atoms with Crippen LogP contribution < -0.4 is 10.6 Å². The Hall–Kier alpha value is -1.14. The molecule has 3 aliphatic rings. The van der Waals surface area contributed by atoms with E-state index in [2.05, 4.69) is 15.5 Å². The van der Waals surface area contributed by atoms with E-state index in [4.69, 9.17) is 0 Å². The van der Waals surface area contributed by atoms with Crippen molar-refractivity contribution in [2.45, 2.75) is 44.2 Å². The van der Waals surface area contributed by atoms with Gasteiger partial charge in [0.2, 0.25) is 11.8 Å². The number of hydrogen-bond acceptors (Lipinski definition) is 4. The summed E-state index contributed by atoms with van der Waals surface area (Å²) in [5.41, 5.74) is 0. The van der Waals surface area contributed by atoms with Gasteiger partial charge in [-0.05, 0) is 32.2 Å². The van der Waals surface area contributed by atoms with Crippen LogP contribution in [-0.4, -0.2) is 73.0 Å². The maximum Gasteiger partial charge on any atom is 0.239 e. The average molecular weight is 294 g/mol. The SMILES string of the molecule is O=C(CN1CCN(C(=O)C2CCCCN2)CC1)NC1CC1. The van der Waals surface area contributed by atoms with Gasteiger partial charge in [0.25, 0.3) is 0 Å². The van der Waals surface area contributed by atoms with Crippen molar-refractivity contribution in [1.29, 1.82) is 0 Å². The van der Waals surface area contributed by atoms with Crippen molar-refractivity contribution in [2.75, 3.05) is 39.3 Å². The van der Waals surface area contributed by atoms with E-state index in [9.17, 15) is 9.59 Å². The third-order valence-electron chi connectivity index (χ3n) is 4.60. The highest BCUT2D eigenvalue weighted by molar-refractivity contribution is 5.82. The van der Waals surface area contributed by atoms with Gasteiger partial charge in [-0.3, -0.25) is 14.5 Å². The van der Waals surface area contributed by atoms with E-state index in [1.165, 1.54) is 6.42 Å². The van der Waals surface area contributed by atoms with Crippen molar-refractivity contribution in [1.82, 2.24) is 20.4 Å². The predicted molar refractivity (Wildman–Crippen MR) is 79.8 cm³/mol. The summed E-state index contributed by atoms with van der Waals surface area (Å²) in [7, 11) is 0. The molecule has 1 aliphatic carbocycles. The quantitative estimate of drug-likeness (QED) is 0.737. The van der Waals surface area contributed by atoms with Crippen LogP contribution in [0.3, 0.4) is 0 Å². The molecule has 0 aromatic rings. The molecule has 2 saturated heterocycles. The van der Waals surface area contributed by atoms with Gasteiger partial charge in [-0.2, -0.15) is 0 Å². The lowest BCUT2D eigenvalue weighted by Crippen LogP contribution is -2.56. The van der Waals surface area contributed by atoms with Gasteiger partial charge in [-0.25, -0.2) is 0 Å². The van der Waals surface area contributed by atoms with Gasteiger partial charge in [0, 0.05) is 32.2 Å². The van der Waals surface area contributed by atoms with Crippen molar-refractivity contribution in [3.63, 3.8) is 0 Å². The Bertz CT molecular complexity index is 383. The van der Waals surface area contributed by atoms with Crippen LogP contribution in [0.15, 0.2) is 0 Å². The van der Waals surface area contributed by atoms with Crippen LogP contribution >= 0.6 is 0 Å². The van der Waals surface area contributed by atoms with Crippen LogP contribution in [0.25, 0.3) is 0 Å². The van der Waals surface area contributed by atoms with E-state index in [1.807, 2.05) is 4.90 Å². The van der Waals surface area contributed by atoms with Crippen LogP contribution in [0.5, 0.6) is 0 Å². The van der Waals surface area contributed by atoms with E-state index >= 15 is 0 Å². The molecule has 118 valence electrons. The van der Waals surface area contributed by atoms with Gasteiger partial charge in [0.15, 0.2) is 0 Å². The lowest BCUT2D eigenvalue weighted by molar-refractivity contribution is -0.136. The molecule has 2 heterocycles. The maximum absolute atomic E-state index is 12.4. The topological polar surface area (TPSA) is 64.7 Å². The standard InChI is InChI=1S/C15H26N4O2/c20-14(17-12-4-5-12)11-18-7-9-19(10-8-18)15(21)13-3-1-2-6-16-13/h12-13,16H,1-11H2,(H,17,20). The minimum absolute atomic E-state index is 0.0171. The molecule has 1 saturated carbocycles. The molecule has 2 amide bonds. The Morgan fingerprint density at radius 2 is 1.81 bits per heavy atom. The monoisotopic (exact) mass is 294 g/mol. The number of rotatable bonds is 4. The summed E-state index contributed by atoms with van der Waals surface area (Å²) in [6.45, 7) is 4.52. The molecule has 6 heteroatoms. The molecule has 1 atom stereocenters. The summed E-state index contributed by atoms with van der Waals surface area (Å²) in [6, 6.07) is 0.446. The molecule has 0 radical (unpaired) electrons. The number of hydrogen-bond donors (Lipinski definition) is 2. The van der Waals surface area contributed by atoms with Crippen LogP contribution in [0.2, 0.25) is 0 Å². The third-order valence-corrected chi connectivity index (χ3v) is 4.60. The number of nitrogens with one attached hydrogen (secondary N) is 2. The van der Waals surface area contributed by atoms with Crippen molar-refractivity contribution < 1.29 is 9.59 Å². The number of amides is 2. The first-order chi connectivity index (χ1) is 10.2. The molecule has 1 unspecified atom stereocenters. The molecule has 0 spiro atoms. The molecule has 0 bridgehead atoms. The summed E-state index contributed by atoms with van der Waals surface area (Å²) in [6.07, 6.45) is 5.53. The highest BCUT2D eigenvalue weighted by Crippen LogP contribution is 2.18. The Morgan fingerprint density at radius 3 is 2.43 bits per heavy atom. The Morgan fingerprint density at radius 1 is 1.05 bits per heavy atom. The van der Waals surface area contributed by atoms with Crippen LogP contribution in [-0.2, 0) is 9.59 Å². The van der Waals surface area contributed by atoms with Gasteiger partial charge < -0.3 is 15.5 Å². The molecule has 0 aromatic heterocycles. The zero-order chi connectivity index (χ0) is 14.7. The Kier molecular flexibility index (Phi) is 4.75. The maximum atomic E-state index is 12.4. The largest absolute Gasteiger partial charge is 0.352 e.